The third kappa shape index (κ3) is 4.22. The van der Waals surface area contributed by atoms with Crippen molar-refractivity contribution in [3.8, 4) is 0 Å². The molecule has 0 saturated carbocycles. The molecule has 1 aromatic heterocycles. The first-order chi connectivity index (χ1) is 10.2. The number of piperazine rings is 1. The highest BCUT2D eigenvalue weighted by atomic mass is 35.5. The maximum Gasteiger partial charge on any atom is 0.410 e. The molecular formula is C15H23ClN4O2. The van der Waals surface area contributed by atoms with Gasteiger partial charge in [-0.1, -0.05) is 11.6 Å². The predicted octanol–water partition coefficient (Wildman–Crippen LogP) is 2.88. The summed E-state index contributed by atoms with van der Waals surface area (Å²) in [6.45, 7) is 11.4. The highest BCUT2D eigenvalue weighted by molar-refractivity contribution is 6.29. The van der Waals surface area contributed by atoms with Gasteiger partial charge in [0.25, 0.3) is 0 Å². The molecule has 1 saturated heterocycles. The van der Waals surface area contributed by atoms with Crippen LogP contribution in [-0.2, 0) is 4.74 Å². The molecule has 0 bridgehead atoms. The van der Waals surface area contributed by atoms with E-state index in [1.54, 1.807) is 11.0 Å². The molecule has 0 radical (unpaired) electrons. The Labute approximate surface area is 136 Å². The van der Waals surface area contributed by atoms with Gasteiger partial charge in [0.1, 0.15) is 10.8 Å². The first-order valence-corrected chi connectivity index (χ1v) is 7.79. The molecule has 0 unspecified atom stereocenters. The number of nitrogens with zero attached hydrogens (tertiary/aromatic N) is 4. The van der Waals surface area contributed by atoms with Crippen LogP contribution in [0.5, 0.6) is 0 Å². The lowest BCUT2D eigenvalue weighted by Gasteiger charge is -2.40. The van der Waals surface area contributed by atoms with Crippen molar-refractivity contribution in [2.45, 2.75) is 46.3 Å². The topological polar surface area (TPSA) is 58.6 Å². The molecule has 122 valence electrons. The summed E-state index contributed by atoms with van der Waals surface area (Å²) < 4.78 is 5.44. The number of aryl methyl sites for hydroxylation is 1. The molecule has 0 spiro atoms. The van der Waals surface area contributed by atoms with Crippen LogP contribution in [0.2, 0.25) is 5.15 Å². The third-order valence-electron chi connectivity index (χ3n) is 3.35. The van der Waals surface area contributed by atoms with Crippen molar-refractivity contribution in [3.05, 3.63) is 16.9 Å². The molecular weight excluding hydrogens is 304 g/mol. The van der Waals surface area contributed by atoms with E-state index in [2.05, 4.69) is 9.97 Å². The Hall–Kier alpha value is -1.56. The lowest BCUT2D eigenvalue weighted by Crippen LogP contribution is -2.55. The molecule has 0 N–H and O–H groups in total. The van der Waals surface area contributed by atoms with Crippen LogP contribution in [0.4, 0.5) is 10.7 Å². The average molecular weight is 327 g/mol. The standard InChI is InChI=1S/C15H23ClN4O2/c1-10-8-12(16)18-13(17-10)19-6-7-20(11(2)9-19)14(21)22-15(3,4)5/h8,11H,6-7,9H2,1-5H3/t11-/m1/s1. The minimum absolute atomic E-state index is 0.0199. The number of carbonyl (C=O) groups is 1. The van der Waals surface area contributed by atoms with Gasteiger partial charge in [0, 0.05) is 31.4 Å². The quantitative estimate of drug-likeness (QED) is 0.743. The average Bonchev–Trinajstić information content (AvgIpc) is 2.35. The molecule has 0 aromatic carbocycles. The van der Waals surface area contributed by atoms with Gasteiger partial charge in [0.2, 0.25) is 5.95 Å². The second kappa shape index (κ2) is 6.28. The van der Waals surface area contributed by atoms with E-state index in [0.29, 0.717) is 30.7 Å². The fraction of sp³-hybridized carbons (Fsp3) is 0.667. The summed E-state index contributed by atoms with van der Waals surface area (Å²) >= 11 is 6.00. The molecule has 7 heteroatoms. The number of amides is 1. The van der Waals surface area contributed by atoms with Gasteiger partial charge in [-0.25, -0.2) is 14.8 Å². The molecule has 22 heavy (non-hydrogen) atoms. The van der Waals surface area contributed by atoms with Crippen molar-refractivity contribution in [1.82, 2.24) is 14.9 Å². The van der Waals surface area contributed by atoms with Crippen molar-refractivity contribution >= 4 is 23.6 Å². The fourth-order valence-electron chi connectivity index (χ4n) is 2.39. The van der Waals surface area contributed by atoms with E-state index in [-0.39, 0.29) is 12.1 Å². The summed E-state index contributed by atoms with van der Waals surface area (Å²) in [5, 5.41) is 0.435. The number of carbonyl (C=O) groups excluding carboxylic acids is 1. The van der Waals surface area contributed by atoms with Gasteiger partial charge in [-0.2, -0.15) is 0 Å². The largest absolute Gasteiger partial charge is 0.444 e. The van der Waals surface area contributed by atoms with Gasteiger partial charge < -0.3 is 14.5 Å². The Morgan fingerprint density at radius 2 is 2.05 bits per heavy atom. The van der Waals surface area contributed by atoms with Crippen molar-refractivity contribution in [2.24, 2.45) is 0 Å². The summed E-state index contributed by atoms with van der Waals surface area (Å²) in [5.74, 6) is 0.612. The number of halogens is 1. The highest BCUT2D eigenvalue weighted by Gasteiger charge is 2.31. The van der Waals surface area contributed by atoms with E-state index in [1.807, 2.05) is 39.5 Å². The number of hydrogen-bond donors (Lipinski definition) is 0. The van der Waals surface area contributed by atoms with Crippen molar-refractivity contribution in [1.29, 1.82) is 0 Å². The molecule has 1 aliphatic heterocycles. The second-order valence-corrected chi connectivity index (χ2v) is 6.99. The molecule has 2 rings (SSSR count). The first kappa shape index (κ1) is 16.8. The Morgan fingerprint density at radius 1 is 1.36 bits per heavy atom. The van der Waals surface area contributed by atoms with Crippen LogP contribution in [0, 0.1) is 6.92 Å². The fourth-order valence-corrected chi connectivity index (χ4v) is 2.62. The smallest absolute Gasteiger partial charge is 0.410 e. The maximum absolute atomic E-state index is 12.2. The van der Waals surface area contributed by atoms with Crippen LogP contribution in [0.1, 0.15) is 33.4 Å². The minimum Gasteiger partial charge on any atom is -0.444 e. The van der Waals surface area contributed by atoms with Crippen LogP contribution in [0.25, 0.3) is 0 Å². The summed E-state index contributed by atoms with van der Waals surface area (Å²) in [7, 11) is 0. The molecule has 2 heterocycles. The van der Waals surface area contributed by atoms with Gasteiger partial charge in [-0.15, -0.1) is 0 Å². The Kier molecular flexibility index (Phi) is 4.80. The molecule has 1 fully saturated rings. The zero-order valence-corrected chi connectivity index (χ0v) is 14.5. The van der Waals surface area contributed by atoms with Crippen LogP contribution in [0.15, 0.2) is 6.07 Å². The maximum atomic E-state index is 12.2. The molecule has 1 atom stereocenters. The number of aromatic nitrogens is 2. The summed E-state index contributed by atoms with van der Waals surface area (Å²) in [6.07, 6.45) is -0.275. The van der Waals surface area contributed by atoms with Gasteiger partial charge in [-0.3, -0.25) is 0 Å². The van der Waals surface area contributed by atoms with Crippen molar-refractivity contribution in [3.63, 3.8) is 0 Å². The summed E-state index contributed by atoms with van der Waals surface area (Å²) in [4.78, 5) is 24.7. The highest BCUT2D eigenvalue weighted by Crippen LogP contribution is 2.20. The second-order valence-electron chi connectivity index (χ2n) is 6.60. The summed E-state index contributed by atoms with van der Waals surface area (Å²) in [6, 6.07) is 1.75. The van der Waals surface area contributed by atoms with Crippen LogP contribution in [-0.4, -0.2) is 52.2 Å². The molecule has 0 aliphatic carbocycles. The first-order valence-electron chi connectivity index (χ1n) is 7.41. The Morgan fingerprint density at radius 3 is 2.59 bits per heavy atom. The summed E-state index contributed by atoms with van der Waals surface area (Å²) in [5.41, 5.74) is 0.346. The van der Waals surface area contributed by atoms with E-state index in [9.17, 15) is 4.79 Å². The van der Waals surface area contributed by atoms with Crippen molar-refractivity contribution in [2.75, 3.05) is 24.5 Å². The number of hydrogen-bond acceptors (Lipinski definition) is 5. The number of ether oxygens (including phenoxy) is 1. The van der Waals surface area contributed by atoms with E-state index in [1.165, 1.54) is 0 Å². The SMILES string of the molecule is Cc1cc(Cl)nc(N2CCN(C(=O)OC(C)(C)C)[C@H](C)C2)n1. The molecule has 6 nitrogen and oxygen atoms in total. The number of anilines is 1. The van der Waals surface area contributed by atoms with E-state index >= 15 is 0 Å². The van der Waals surface area contributed by atoms with Gasteiger partial charge in [0.15, 0.2) is 0 Å². The van der Waals surface area contributed by atoms with Crippen LogP contribution in [0.3, 0.4) is 0 Å². The van der Waals surface area contributed by atoms with Crippen LogP contribution >= 0.6 is 11.6 Å². The Balaban J connectivity index is 2.05. The van der Waals surface area contributed by atoms with Gasteiger partial charge in [0.05, 0.1) is 0 Å². The minimum atomic E-state index is -0.485. The predicted molar refractivity (Wildman–Crippen MR) is 86.4 cm³/mol. The van der Waals surface area contributed by atoms with E-state index < -0.39 is 5.60 Å². The van der Waals surface area contributed by atoms with Gasteiger partial charge in [-0.05, 0) is 40.7 Å². The zero-order chi connectivity index (χ0) is 16.5. The van der Waals surface area contributed by atoms with E-state index in [4.69, 9.17) is 16.3 Å². The molecule has 1 aromatic rings. The third-order valence-corrected chi connectivity index (χ3v) is 3.54. The van der Waals surface area contributed by atoms with E-state index in [0.717, 1.165) is 5.69 Å². The molecule has 1 amide bonds. The monoisotopic (exact) mass is 326 g/mol. The number of rotatable bonds is 1. The van der Waals surface area contributed by atoms with Crippen molar-refractivity contribution < 1.29 is 9.53 Å². The Bertz CT molecular complexity index is 539. The van der Waals surface area contributed by atoms with Gasteiger partial charge >= 0.3 is 6.09 Å². The lowest BCUT2D eigenvalue weighted by atomic mass is 10.2. The zero-order valence-electron chi connectivity index (χ0n) is 13.8. The lowest BCUT2D eigenvalue weighted by molar-refractivity contribution is 0.0158. The molecule has 1 aliphatic rings. The van der Waals surface area contributed by atoms with Crippen LogP contribution < -0.4 is 4.90 Å². The normalized spacial score (nSPS) is 19.3.